The van der Waals surface area contributed by atoms with Crippen molar-refractivity contribution >= 4 is 11.9 Å². The molecular weight excluding hydrogens is 170 g/mol. The molecule has 0 bridgehead atoms. The number of carbonyl (C=O) groups is 2. The molecule has 4 nitrogen and oxygen atoms in total. The predicted octanol–water partition coefficient (Wildman–Crippen LogP) is 0.869. The zero-order valence-corrected chi connectivity index (χ0v) is 8.33. The second-order valence-corrected chi connectivity index (χ2v) is 3.35. The number of rotatable bonds is 5. The third-order valence-electron chi connectivity index (χ3n) is 1.90. The number of aliphatic carboxylic acids is 1. The highest BCUT2D eigenvalue weighted by atomic mass is 16.4. The topological polar surface area (TPSA) is 66.4 Å². The van der Waals surface area contributed by atoms with Gasteiger partial charge in [-0.15, -0.1) is 0 Å². The molecule has 0 rings (SSSR count). The Morgan fingerprint density at radius 3 is 2.23 bits per heavy atom. The van der Waals surface area contributed by atoms with Crippen molar-refractivity contribution in [2.75, 3.05) is 6.54 Å². The summed E-state index contributed by atoms with van der Waals surface area (Å²) in [6, 6.07) is 0. The van der Waals surface area contributed by atoms with Crippen molar-refractivity contribution in [3.63, 3.8) is 0 Å². The molecule has 0 saturated carbocycles. The first kappa shape index (κ1) is 11.9. The molecule has 0 aliphatic heterocycles. The summed E-state index contributed by atoms with van der Waals surface area (Å²) in [6.07, 6.45) is 0.0703. The minimum absolute atomic E-state index is 0.0138. The van der Waals surface area contributed by atoms with Gasteiger partial charge in [0.1, 0.15) is 0 Å². The molecule has 0 aromatic rings. The standard InChI is InChI=1S/C9H17NO3/c1-4-10-8(11)5-7(6(2)3)9(12)13/h6-7H,4-5H2,1-3H3,(H,10,11)(H,12,13). The van der Waals surface area contributed by atoms with Crippen molar-refractivity contribution in [2.24, 2.45) is 11.8 Å². The SMILES string of the molecule is CCNC(=O)CC(C(=O)O)C(C)C. The van der Waals surface area contributed by atoms with Crippen LogP contribution in [0.1, 0.15) is 27.2 Å². The Kier molecular flexibility index (Phi) is 5.11. The highest BCUT2D eigenvalue weighted by Crippen LogP contribution is 2.14. The minimum Gasteiger partial charge on any atom is -0.481 e. The van der Waals surface area contributed by atoms with Crippen LogP contribution < -0.4 is 5.32 Å². The van der Waals surface area contributed by atoms with Crippen LogP contribution in [0.3, 0.4) is 0 Å². The number of carboxylic acids is 1. The number of carbonyl (C=O) groups excluding carboxylic acids is 1. The smallest absolute Gasteiger partial charge is 0.307 e. The first-order chi connectivity index (χ1) is 5.99. The maximum absolute atomic E-state index is 11.1. The van der Waals surface area contributed by atoms with E-state index in [2.05, 4.69) is 5.32 Å². The number of nitrogens with one attached hydrogen (secondary N) is 1. The third kappa shape index (κ3) is 4.50. The van der Waals surface area contributed by atoms with Gasteiger partial charge in [0.15, 0.2) is 0 Å². The summed E-state index contributed by atoms with van der Waals surface area (Å²) in [5.74, 6) is -1.68. The van der Waals surface area contributed by atoms with Crippen LogP contribution in [0.25, 0.3) is 0 Å². The quantitative estimate of drug-likeness (QED) is 0.671. The summed E-state index contributed by atoms with van der Waals surface area (Å²) in [5.41, 5.74) is 0. The zero-order chi connectivity index (χ0) is 10.4. The van der Waals surface area contributed by atoms with Crippen LogP contribution in [0.2, 0.25) is 0 Å². The fraction of sp³-hybridized carbons (Fsp3) is 0.778. The highest BCUT2D eigenvalue weighted by Gasteiger charge is 2.23. The lowest BCUT2D eigenvalue weighted by molar-refractivity contribution is -0.145. The van der Waals surface area contributed by atoms with Gasteiger partial charge < -0.3 is 10.4 Å². The molecule has 0 aromatic heterocycles. The van der Waals surface area contributed by atoms with E-state index >= 15 is 0 Å². The van der Waals surface area contributed by atoms with E-state index in [1.54, 1.807) is 13.8 Å². The van der Waals surface area contributed by atoms with Gasteiger partial charge in [-0.3, -0.25) is 9.59 Å². The van der Waals surface area contributed by atoms with Gasteiger partial charge in [-0.05, 0) is 12.8 Å². The van der Waals surface area contributed by atoms with E-state index in [1.165, 1.54) is 0 Å². The molecule has 1 unspecified atom stereocenters. The van der Waals surface area contributed by atoms with Crippen molar-refractivity contribution in [1.29, 1.82) is 0 Å². The van der Waals surface area contributed by atoms with Gasteiger partial charge in [-0.2, -0.15) is 0 Å². The van der Waals surface area contributed by atoms with E-state index in [0.29, 0.717) is 6.54 Å². The molecule has 2 N–H and O–H groups in total. The molecule has 0 spiro atoms. The van der Waals surface area contributed by atoms with Gasteiger partial charge in [0.25, 0.3) is 0 Å². The predicted molar refractivity (Wildman–Crippen MR) is 49.3 cm³/mol. The van der Waals surface area contributed by atoms with Crippen LogP contribution in [-0.2, 0) is 9.59 Å². The van der Waals surface area contributed by atoms with Crippen molar-refractivity contribution in [2.45, 2.75) is 27.2 Å². The Balaban J connectivity index is 4.10. The summed E-state index contributed by atoms with van der Waals surface area (Å²) in [6.45, 7) is 5.96. The van der Waals surface area contributed by atoms with Crippen LogP contribution >= 0.6 is 0 Å². The largest absolute Gasteiger partial charge is 0.481 e. The molecule has 0 fully saturated rings. The Morgan fingerprint density at radius 2 is 1.92 bits per heavy atom. The van der Waals surface area contributed by atoms with Gasteiger partial charge >= 0.3 is 5.97 Å². The molecular formula is C9H17NO3. The van der Waals surface area contributed by atoms with Crippen LogP contribution in [0.15, 0.2) is 0 Å². The molecule has 13 heavy (non-hydrogen) atoms. The fourth-order valence-electron chi connectivity index (χ4n) is 1.08. The molecule has 0 aliphatic rings. The second kappa shape index (κ2) is 5.56. The number of hydrogen-bond donors (Lipinski definition) is 2. The van der Waals surface area contributed by atoms with E-state index in [4.69, 9.17) is 5.11 Å². The molecule has 0 heterocycles. The zero-order valence-electron chi connectivity index (χ0n) is 8.33. The van der Waals surface area contributed by atoms with Crippen LogP contribution in [0.5, 0.6) is 0 Å². The van der Waals surface area contributed by atoms with Crippen molar-refractivity contribution in [3.8, 4) is 0 Å². The van der Waals surface area contributed by atoms with Crippen molar-refractivity contribution in [1.82, 2.24) is 5.32 Å². The maximum Gasteiger partial charge on any atom is 0.307 e. The van der Waals surface area contributed by atoms with E-state index in [0.717, 1.165) is 0 Å². The molecule has 76 valence electrons. The fourth-order valence-corrected chi connectivity index (χ4v) is 1.08. The van der Waals surface area contributed by atoms with Crippen molar-refractivity contribution < 1.29 is 14.7 Å². The van der Waals surface area contributed by atoms with E-state index in [1.807, 2.05) is 6.92 Å². The Labute approximate surface area is 78.3 Å². The van der Waals surface area contributed by atoms with E-state index in [-0.39, 0.29) is 18.2 Å². The minimum atomic E-state index is -0.902. The molecule has 4 heteroatoms. The lowest BCUT2D eigenvalue weighted by Crippen LogP contribution is -2.30. The Bertz CT molecular complexity index is 189. The first-order valence-corrected chi connectivity index (χ1v) is 4.48. The number of amides is 1. The van der Waals surface area contributed by atoms with Crippen LogP contribution in [-0.4, -0.2) is 23.5 Å². The summed E-state index contributed by atoms with van der Waals surface area (Å²) in [4.78, 5) is 21.8. The van der Waals surface area contributed by atoms with E-state index < -0.39 is 11.9 Å². The normalized spacial score (nSPS) is 12.6. The maximum atomic E-state index is 11.1. The molecule has 1 atom stereocenters. The van der Waals surface area contributed by atoms with Gasteiger partial charge in [0.2, 0.25) is 5.91 Å². The number of hydrogen-bond acceptors (Lipinski definition) is 2. The van der Waals surface area contributed by atoms with Gasteiger partial charge in [-0.1, -0.05) is 13.8 Å². The monoisotopic (exact) mass is 187 g/mol. The lowest BCUT2D eigenvalue weighted by Gasteiger charge is -2.14. The summed E-state index contributed by atoms with van der Waals surface area (Å²) in [7, 11) is 0. The Hall–Kier alpha value is -1.06. The summed E-state index contributed by atoms with van der Waals surface area (Å²) >= 11 is 0. The summed E-state index contributed by atoms with van der Waals surface area (Å²) < 4.78 is 0. The molecule has 0 aliphatic carbocycles. The van der Waals surface area contributed by atoms with E-state index in [9.17, 15) is 9.59 Å². The van der Waals surface area contributed by atoms with Crippen molar-refractivity contribution in [3.05, 3.63) is 0 Å². The molecule has 1 amide bonds. The number of carboxylic acid groups (broad SMARTS) is 1. The highest BCUT2D eigenvalue weighted by molar-refractivity contribution is 5.82. The average molecular weight is 187 g/mol. The summed E-state index contributed by atoms with van der Waals surface area (Å²) in [5, 5.41) is 11.4. The molecule has 0 aromatic carbocycles. The molecule has 0 saturated heterocycles. The van der Waals surface area contributed by atoms with Crippen LogP contribution in [0, 0.1) is 11.8 Å². The second-order valence-electron chi connectivity index (χ2n) is 3.35. The average Bonchev–Trinajstić information content (AvgIpc) is 1.99. The molecule has 0 radical (unpaired) electrons. The first-order valence-electron chi connectivity index (χ1n) is 4.48. The van der Waals surface area contributed by atoms with Gasteiger partial charge in [0.05, 0.1) is 5.92 Å². The van der Waals surface area contributed by atoms with Gasteiger partial charge in [0, 0.05) is 13.0 Å². The van der Waals surface area contributed by atoms with Gasteiger partial charge in [-0.25, -0.2) is 0 Å². The third-order valence-corrected chi connectivity index (χ3v) is 1.90. The van der Waals surface area contributed by atoms with Crippen LogP contribution in [0.4, 0.5) is 0 Å². The lowest BCUT2D eigenvalue weighted by atomic mass is 9.92. The Morgan fingerprint density at radius 1 is 1.38 bits per heavy atom.